The van der Waals surface area contributed by atoms with Crippen LogP contribution in [0.1, 0.15) is 22.8 Å². The van der Waals surface area contributed by atoms with Crippen molar-refractivity contribution in [3.8, 4) is 0 Å². The molecule has 1 fully saturated rings. The van der Waals surface area contributed by atoms with E-state index in [4.69, 9.17) is 0 Å². The molecule has 0 spiro atoms. The van der Waals surface area contributed by atoms with Crippen LogP contribution < -0.4 is 5.32 Å². The molecule has 1 aliphatic heterocycles. The van der Waals surface area contributed by atoms with Crippen LogP contribution in [0.3, 0.4) is 0 Å². The summed E-state index contributed by atoms with van der Waals surface area (Å²) < 4.78 is 0. The molecule has 132 valence electrons. The van der Waals surface area contributed by atoms with Gasteiger partial charge in [-0.15, -0.1) is 24.8 Å². The first kappa shape index (κ1) is 20.8. The number of carbonyl (C=O) groups excluding carboxylic acids is 1. The lowest BCUT2D eigenvalue weighted by Crippen LogP contribution is -2.52. The minimum atomic E-state index is 0. The van der Waals surface area contributed by atoms with Crippen LogP contribution in [0.2, 0.25) is 0 Å². The molecule has 1 atom stereocenters. The predicted molar refractivity (Wildman–Crippen MR) is 100 cm³/mol. The number of aromatic amines is 1. The van der Waals surface area contributed by atoms with E-state index in [2.05, 4.69) is 27.4 Å². The highest BCUT2D eigenvalue weighted by Gasteiger charge is 2.23. The molecular weight excluding hydrogens is 369 g/mol. The number of rotatable bonds is 4. The van der Waals surface area contributed by atoms with Gasteiger partial charge >= 0.3 is 0 Å². The van der Waals surface area contributed by atoms with Crippen LogP contribution in [-0.2, 0) is 5.75 Å². The van der Waals surface area contributed by atoms with Crippen LogP contribution in [0.15, 0.2) is 35.7 Å². The molecule has 9 heteroatoms. The molecule has 3 rings (SSSR count). The summed E-state index contributed by atoms with van der Waals surface area (Å²) in [4.78, 5) is 18.6. The number of nitrogens with zero attached hydrogens (tertiary/aromatic N) is 3. The Kier molecular flexibility index (Phi) is 8.55. The van der Waals surface area contributed by atoms with Crippen molar-refractivity contribution in [2.45, 2.75) is 23.9 Å². The third-order valence-electron chi connectivity index (χ3n) is 3.73. The van der Waals surface area contributed by atoms with E-state index in [-0.39, 0.29) is 36.8 Å². The summed E-state index contributed by atoms with van der Waals surface area (Å²) in [7, 11) is 0. The Morgan fingerprint density at radius 1 is 1.33 bits per heavy atom. The van der Waals surface area contributed by atoms with Crippen LogP contribution in [0.25, 0.3) is 0 Å². The monoisotopic (exact) mass is 389 g/mol. The smallest absolute Gasteiger partial charge is 0.254 e. The number of piperazine rings is 1. The van der Waals surface area contributed by atoms with E-state index in [1.165, 1.54) is 6.33 Å². The normalized spacial score (nSPS) is 16.9. The number of nitrogens with one attached hydrogen (secondary N) is 2. The fraction of sp³-hybridized carbons (Fsp3) is 0.400. The minimum Gasteiger partial charge on any atom is -0.333 e. The minimum absolute atomic E-state index is 0. The van der Waals surface area contributed by atoms with Crippen LogP contribution in [0, 0.1) is 0 Å². The van der Waals surface area contributed by atoms with E-state index in [9.17, 15) is 4.79 Å². The lowest BCUT2D eigenvalue weighted by Gasteiger charge is -2.34. The Labute approximate surface area is 158 Å². The van der Waals surface area contributed by atoms with Crippen LogP contribution in [-0.4, -0.2) is 51.7 Å². The Bertz CT molecular complexity index is 623. The van der Waals surface area contributed by atoms with E-state index in [1.54, 1.807) is 11.8 Å². The molecule has 2 N–H and O–H groups in total. The third kappa shape index (κ3) is 5.11. The van der Waals surface area contributed by atoms with Gasteiger partial charge in [0.25, 0.3) is 5.91 Å². The van der Waals surface area contributed by atoms with E-state index >= 15 is 0 Å². The average Bonchev–Trinajstić information content (AvgIpc) is 3.07. The van der Waals surface area contributed by atoms with Gasteiger partial charge in [-0.3, -0.25) is 9.89 Å². The molecule has 0 saturated carbocycles. The number of amides is 1. The van der Waals surface area contributed by atoms with E-state index in [1.807, 2.05) is 29.2 Å². The fourth-order valence-corrected chi connectivity index (χ4v) is 3.20. The van der Waals surface area contributed by atoms with Crippen molar-refractivity contribution in [1.29, 1.82) is 0 Å². The summed E-state index contributed by atoms with van der Waals surface area (Å²) in [5, 5.41) is 10.7. The van der Waals surface area contributed by atoms with Crippen molar-refractivity contribution in [2.24, 2.45) is 0 Å². The lowest BCUT2D eigenvalue weighted by atomic mass is 10.1. The number of hydrogen-bond donors (Lipinski definition) is 2. The molecule has 1 aliphatic rings. The average molecular weight is 390 g/mol. The van der Waals surface area contributed by atoms with Crippen LogP contribution in [0.4, 0.5) is 0 Å². The van der Waals surface area contributed by atoms with Crippen molar-refractivity contribution in [2.75, 3.05) is 19.6 Å². The zero-order valence-corrected chi connectivity index (χ0v) is 15.7. The van der Waals surface area contributed by atoms with Crippen LogP contribution in [0.5, 0.6) is 0 Å². The number of H-pyrrole nitrogens is 1. The Hall–Kier alpha value is -1.28. The van der Waals surface area contributed by atoms with Gasteiger partial charge in [0.05, 0.1) is 0 Å². The Balaban J connectivity index is 0.00000144. The third-order valence-corrected chi connectivity index (χ3v) is 4.68. The number of hydrogen-bond acceptors (Lipinski definition) is 5. The molecule has 1 unspecified atom stereocenters. The van der Waals surface area contributed by atoms with E-state index in [0.717, 1.165) is 41.7 Å². The molecule has 0 aliphatic carbocycles. The van der Waals surface area contributed by atoms with Crippen LogP contribution >= 0.6 is 36.6 Å². The quantitative estimate of drug-likeness (QED) is 0.785. The predicted octanol–water partition coefficient (Wildman–Crippen LogP) is 2.37. The highest BCUT2D eigenvalue weighted by Crippen LogP contribution is 2.19. The van der Waals surface area contributed by atoms with Gasteiger partial charge in [-0.2, -0.15) is 5.10 Å². The first-order valence-electron chi connectivity index (χ1n) is 7.33. The highest BCUT2D eigenvalue weighted by molar-refractivity contribution is 7.98. The highest BCUT2D eigenvalue weighted by atomic mass is 35.5. The van der Waals surface area contributed by atoms with Crippen molar-refractivity contribution in [3.05, 3.63) is 41.7 Å². The summed E-state index contributed by atoms with van der Waals surface area (Å²) in [6.45, 7) is 4.56. The van der Waals surface area contributed by atoms with Crippen molar-refractivity contribution >= 4 is 42.5 Å². The lowest BCUT2D eigenvalue weighted by molar-refractivity contribution is 0.0656. The van der Waals surface area contributed by atoms with E-state index in [0.29, 0.717) is 0 Å². The molecule has 0 bridgehead atoms. The standard InChI is InChI=1S/C15H19N5OS.2ClH/c1-11-8-16-6-7-20(11)14(21)13-4-2-12(3-5-13)9-22-15-17-10-18-19-15;;/h2-5,10-11,16H,6-9H2,1H3,(H,17,18,19);2*1H. The molecule has 2 aromatic rings. The molecule has 1 saturated heterocycles. The van der Waals surface area contributed by atoms with Gasteiger partial charge in [-0.1, -0.05) is 23.9 Å². The number of aromatic nitrogens is 3. The summed E-state index contributed by atoms with van der Waals surface area (Å²) >= 11 is 1.59. The summed E-state index contributed by atoms with van der Waals surface area (Å²) in [6.07, 6.45) is 1.50. The van der Waals surface area contributed by atoms with Gasteiger partial charge in [0.1, 0.15) is 6.33 Å². The van der Waals surface area contributed by atoms with Gasteiger partial charge in [-0.05, 0) is 24.6 Å². The second kappa shape index (κ2) is 9.88. The van der Waals surface area contributed by atoms with Crippen molar-refractivity contribution < 1.29 is 4.79 Å². The number of thioether (sulfide) groups is 1. The number of carbonyl (C=O) groups is 1. The molecule has 1 aromatic carbocycles. The molecule has 24 heavy (non-hydrogen) atoms. The van der Waals surface area contributed by atoms with Gasteiger partial charge < -0.3 is 10.2 Å². The number of halogens is 2. The summed E-state index contributed by atoms with van der Waals surface area (Å²) in [5.41, 5.74) is 1.91. The fourth-order valence-electron chi connectivity index (χ4n) is 2.47. The molecule has 6 nitrogen and oxygen atoms in total. The van der Waals surface area contributed by atoms with Crippen molar-refractivity contribution in [1.82, 2.24) is 25.4 Å². The summed E-state index contributed by atoms with van der Waals surface area (Å²) in [5.74, 6) is 0.914. The maximum Gasteiger partial charge on any atom is 0.254 e. The number of benzene rings is 1. The molecular formula is C15H21Cl2N5OS. The molecule has 0 radical (unpaired) electrons. The van der Waals surface area contributed by atoms with Gasteiger partial charge in [0.2, 0.25) is 0 Å². The molecule has 1 amide bonds. The largest absolute Gasteiger partial charge is 0.333 e. The Morgan fingerprint density at radius 3 is 2.71 bits per heavy atom. The summed E-state index contributed by atoms with van der Waals surface area (Å²) in [6, 6.07) is 8.07. The topological polar surface area (TPSA) is 73.9 Å². The second-order valence-electron chi connectivity index (χ2n) is 5.33. The SMILES string of the molecule is CC1CNCCN1C(=O)c1ccc(CSc2ncn[nH]2)cc1.Cl.Cl. The zero-order valence-electron chi connectivity index (χ0n) is 13.3. The van der Waals surface area contributed by atoms with Crippen molar-refractivity contribution in [3.63, 3.8) is 0 Å². The molecule has 1 aromatic heterocycles. The molecule has 2 heterocycles. The van der Waals surface area contributed by atoms with Gasteiger partial charge in [0.15, 0.2) is 5.16 Å². The van der Waals surface area contributed by atoms with Gasteiger partial charge in [-0.25, -0.2) is 4.98 Å². The van der Waals surface area contributed by atoms with E-state index < -0.39 is 0 Å². The maximum absolute atomic E-state index is 12.5. The van der Waals surface area contributed by atoms with Gasteiger partial charge in [0, 0.05) is 37.0 Å². The first-order valence-corrected chi connectivity index (χ1v) is 8.31. The first-order chi connectivity index (χ1) is 10.7. The Morgan fingerprint density at radius 2 is 2.08 bits per heavy atom. The zero-order chi connectivity index (χ0) is 15.4. The second-order valence-corrected chi connectivity index (χ2v) is 6.29. The maximum atomic E-state index is 12.5.